The molecule has 2 atom stereocenters. The summed E-state index contributed by atoms with van der Waals surface area (Å²) in [6.45, 7) is 4.57. The maximum absolute atomic E-state index is 10.6. The van der Waals surface area contributed by atoms with Crippen LogP contribution in [-0.4, -0.2) is 11.7 Å². The van der Waals surface area contributed by atoms with E-state index in [2.05, 4.69) is 35.8 Å². The molecular formula is C15H18BrNOS. The number of halogens is 1. The Morgan fingerprint density at radius 2 is 1.89 bits per heavy atom. The van der Waals surface area contributed by atoms with Gasteiger partial charge in [0, 0.05) is 26.7 Å². The van der Waals surface area contributed by atoms with E-state index in [1.165, 1.54) is 10.4 Å². The lowest BCUT2D eigenvalue weighted by atomic mass is 9.92. The highest BCUT2D eigenvalue weighted by Crippen LogP contribution is 2.35. The largest absolute Gasteiger partial charge is 0.387 e. The van der Waals surface area contributed by atoms with Gasteiger partial charge in [-0.2, -0.15) is 0 Å². The van der Waals surface area contributed by atoms with Crippen LogP contribution in [0.25, 0.3) is 0 Å². The molecular weight excluding hydrogens is 322 g/mol. The average molecular weight is 340 g/mol. The first-order chi connectivity index (χ1) is 9.02. The summed E-state index contributed by atoms with van der Waals surface area (Å²) in [7, 11) is 0. The Kier molecular flexibility index (Phi) is 4.79. The van der Waals surface area contributed by atoms with Gasteiger partial charge >= 0.3 is 0 Å². The highest BCUT2D eigenvalue weighted by Gasteiger charge is 2.23. The van der Waals surface area contributed by atoms with Crippen molar-refractivity contribution in [3.05, 3.63) is 55.7 Å². The van der Waals surface area contributed by atoms with Crippen LogP contribution < -0.4 is 5.73 Å². The quantitative estimate of drug-likeness (QED) is 0.887. The van der Waals surface area contributed by atoms with Crippen LogP contribution in [-0.2, 0) is 0 Å². The number of aliphatic hydroxyl groups excluding tert-OH is 1. The summed E-state index contributed by atoms with van der Waals surface area (Å²) in [4.78, 5) is 2.24. The van der Waals surface area contributed by atoms with E-state index in [-0.39, 0.29) is 5.92 Å². The monoisotopic (exact) mass is 339 g/mol. The molecule has 19 heavy (non-hydrogen) atoms. The molecule has 102 valence electrons. The van der Waals surface area contributed by atoms with Crippen molar-refractivity contribution in [2.75, 3.05) is 6.54 Å². The van der Waals surface area contributed by atoms with Gasteiger partial charge in [0.15, 0.2) is 0 Å². The number of hydrogen-bond acceptors (Lipinski definition) is 3. The molecule has 4 heteroatoms. The standard InChI is InChI=1S/C15H18BrNOS/c1-9-7-14(19-10(9)2)15(18)13(8-17)11-3-5-12(16)6-4-11/h3-7,13,15,18H,8,17H2,1-2H3. The molecule has 2 unspecified atom stereocenters. The molecule has 0 saturated carbocycles. The molecule has 0 amide bonds. The Labute approximate surface area is 126 Å². The molecule has 0 bridgehead atoms. The zero-order chi connectivity index (χ0) is 14.0. The number of thiophene rings is 1. The predicted molar refractivity (Wildman–Crippen MR) is 84.7 cm³/mol. The van der Waals surface area contributed by atoms with Crippen LogP contribution in [0.5, 0.6) is 0 Å². The molecule has 2 rings (SSSR count). The van der Waals surface area contributed by atoms with Crippen molar-refractivity contribution in [2.45, 2.75) is 25.9 Å². The number of nitrogens with two attached hydrogens (primary N) is 1. The second kappa shape index (κ2) is 6.18. The number of aliphatic hydroxyl groups is 1. The number of benzene rings is 1. The van der Waals surface area contributed by atoms with Gasteiger partial charge in [0.25, 0.3) is 0 Å². The Bertz CT molecular complexity index is 530. The van der Waals surface area contributed by atoms with Gasteiger partial charge in [0.2, 0.25) is 0 Å². The van der Waals surface area contributed by atoms with Gasteiger partial charge in [-0.25, -0.2) is 0 Å². The van der Waals surface area contributed by atoms with E-state index in [4.69, 9.17) is 5.73 Å². The minimum absolute atomic E-state index is 0.0643. The lowest BCUT2D eigenvalue weighted by Gasteiger charge is -2.21. The van der Waals surface area contributed by atoms with Crippen molar-refractivity contribution in [1.82, 2.24) is 0 Å². The molecule has 0 aliphatic heterocycles. The van der Waals surface area contributed by atoms with E-state index in [0.717, 1.165) is 14.9 Å². The Morgan fingerprint density at radius 3 is 2.37 bits per heavy atom. The van der Waals surface area contributed by atoms with E-state index >= 15 is 0 Å². The van der Waals surface area contributed by atoms with Crippen LogP contribution in [0.4, 0.5) is 0 Å². The third-order valence-electron chi connectivity index (χ3n) is 3.41. The van der Waals surface area contributed by atoms with Gasteiger partial charge in [-0.1, -0.05) is 28.1 Å². The normalized spacial score (nSPS) is 14.4. The first-order valence-corrected chi connectivity index (χ1v) is 7.84. The van der Waals surface area contributed by atoms with Crippen molar-refractivity contribution < 1.29 is 5.11 Å². The number of aryl methyl sites for hydroxylation is 2. The van der Waals surface area contributed by atoms with Crippen LogP contribution in [0, 0.1) is 13.8 Å². The first kappa shape index (κ1) is 14.7. The summed E-state index contributed by atoms with van der Waals surface area (Å²) < 4.78 is 1.03. The predicted octanol–water partition coefficient (Wildman–Crippen LogP) is 3.90. The Morgan fingerprint density at radius 1 is 1.26 bits per heavy atom. The van der Waals surface area contributed by atoms with Crippen molar-refractivity contribution in [1.29, 1.82) is 0 Å². The van der Waals surface area contributed by atoms with Crippen LogP contribution in [0.15, 0.2) is 34.8 Å². The van der Waals surface area contributed by atoms with Gasteiger partial charge in [-0.05, 0) is 43.2 Å². The maximum Gasteiger partial charge on any atom is 0.0962 e. The first-order valence-electron chi connectivity index (χ1n) is 6.23. The van der Waals surface area contributed by atoms with Gasteiger partial charge in [0.1, 0.15) is 0 Å². The molecule has 1 heterocycles. The van der Waals surface area contributed by atoms with Crippen molar-refractivity contribution in [2.24, 2.45) is 5.73 Å². The summed E-state index contributed by atoms with van der Waals surface area (Å²) in [6.07, 6.45) is -0.538. The van der Waals surface area contributed by atoms with E-state index in [0.29, 0.717) is 6.54 Å². The van der Waals surface area contributed by atoms with E-state index in [1.54, 1.807) is 11.3 Å². The number of hydrogen-bond donors (Lipinski definition) is 2. The lowest BCUT2D eigenvalue weighted by molar-refractivity contribution is 0.151. The third-order valence-corrected chi connectivity index (χ3v) is 5.16. The molecule has 0 spiro atoms. The highest BCUT2D eigenvalue weighted by atomic mass is 79.9. The summed E-state index contributed by atoms with van der Waals surface area (Å²) in [5.41, 5.74) is 8.16. The smallest absolute Gasteiger partial charge is 0.0962 e. The van der Waals surface area contributed by atoms with Crippen molar-refractivity contribution in [3.8, 4) is 0 Å². The van der Waals surface area contributed by atoms with E-state index in [1.807, 2.05) is 24.3 Å². The Balaban J connectivity index is 2.28. The zero-order valence-electron chi connectivity index (χ0n) is 11.1. The van der Waals surface area contributed by atoms with Gasteiger partial charge in [-0.3, -0.25) is 0 Å². The minimum atomic E-state index is -0.538. The molecule has 0 saturated heterocycles. The fourth-order valence-electron chi connectivity index (χ4n) is 2.10. The molecule has 3 N–H and O–H groups in total. The second-order valence-electron chi connectivity index (χ2n) is 4.73. The molecule has 0 radical (unpaired) electrons. The molecule has 0 fully saturated rings. The maximum atomic E-state index is 10.6. The third kappa shape index (κ3) is 3.26. The fourth-order valence-corrected chi connectivity index (χ4v) is 3.46. The fraction of sp³-hybridized carbons (Fsp3) is 0.333. The molecule has 0 aliphatic rings. The zero-order valence-corrected chi connectivity index (χ0v) is 13.5. The van der Waals surface area contributed by atoms with Crippen LogP contribution in [0.1, 0.15) is 32.9 Å². The summed E-state index contributed by atoms with van der Waals surface area (Å²) in [6, 6.07) is 10.0. The van der Waals surface area contributed by atoms with Crippen molar-refractivity contribution >= 4 is 27.3 Å². The molecule has 2 nitrogen and oxygen atoms in total. The second-order valence-corrected chi connectivity index (χ2v) is 6.93. The summed E-state index contributed by atoms with van der Waals surface area (Å²) in [5, 5.41) is 10.6. The van der Waals surface area contributed by atoms with Gasteiger partial charge < -0.3 is 10.8 Å². The van der Waals surface area contributed by atoms with Gasteiger partial charge in [-0.15, -0.1) is 11.3 Å². The van der Waals surface area contributed by atoms with Gasteiger partial charge in [0.05, 0.1) is 6.10 Å². The van der Waals surface area contributed by atoms with Crippen molar-refractivity contribution in [3.63, 3.8) is 0 Å². The van der Waals surface area contributed by atoms with E-state index < -0.39 is 6.10 Å². The van der Waals surface area contributed by atoms with Crippen LogP contribution in [0.3, 0.4) is 0 Å². The minimum Gasteiger partial charge on any atom is -0.387 e. The number of rotatable bonds is 4. The topological polar surface area (TPSA) is 46.2 Å². The average Bonchev–Trinajstić information content (AvgIpc) is 2.73. The highest BCUT2D eigenvalue weighted by molar-refractivity contribution is 9.10. The van der Waals surface area contributed by atoms with Crippen LogP contribution >= 0.6 is 27.3 Å². The lowest BCUT2D eigenvalue weighted by Crippen LogP contribution is -2.19. The summed E-state index contributed by atoms with van der Waals surface area (Å²) >= 11 is 5.07. The molecule has 1 aromatic heterocycles. The Hall–Kier alpha value is -0.680. The van der Waals surface area contributed by atoms with E-state index in [9.17, 15) is 5.11 Å². The summed E-state index contributed by atoms with van der Waals surface area (Å²) in [5.74, 6) is -0.0643. The molecule has 2 aromatic rings. The molecule has 0 aliphatic carbocycles. The SMILES string of the molecule is Cc1cc(C(O)C(CN)c2ccc(Br)cc2)sc1C. The van der Waals surface area contributed by atoms with Crippen LogP contribution in [0.2, 0.25) is 0 Å². The molecule has 1 aromatic carbocycles.